The summed E-state index contributed by atoms with van der Waals surface area (Å²) in [5, 5.41) is 9.17. The molecule has 0 saturated heterocycles. The fourth-order valence-corrected chi connectivity index (χ4v) is 1.28. The molecule has 1 rings (SSSR count). The highest BCUT2D eigenvalue weighted by molar-refractivity contribution is 6.31. The predicted molar refractivity (Wildman–Crippen MR) is 54.9 cm³/mol. The molecule has 0 fully saturated rings. The fraction of sp³-hybridized carbons (Fsp3) is 0.273. The lowest BCUT2D eigenvalue weighted by molar-refractivity contribution is 0.350. The number of hydrogen-bond donors (Lipinski definition) is 1. The van der Waals surface area contributed by atoms with Gasteiger partial charge in [-0.25, -0.2) is 0 Å². The Morgan fingerprint density at radius 2 is 1.92 bits per heavy atom. The van der Waals surface area contributed by atoms with Crippen LogP contribution in [-0.4, -0.2) is 11.7 Å². The van der Waals surface area contributed by atoms with Crippen LogP contribution in [0.5, 0.6) is 0 Å². The molecule has 0 aliphatic heterocycles. The number of rotatable bonds is 0. The summed E-state index contributed by atoms with van der Waals surface area (Å²) in [6.45, 7) is 3.88. The zero-order chi connectivity index (χ0) is 9.84. The summed E-state index contributed by atoms with van der Waals surface area (Å²) in [4.78, 5) is 0. The zero-order valence-electron chi connectivity index (χ0n) is 7.69. The molecule has 0 saturated carbocycles. The van der Waals surface area contributed by atoms with E-state index in [1.54, 1.807) is 0 Å². The van der Waals surface area contributed by atoms with Crippen LogP contribution in [0.15, 0.2) is 12.1 Å². The highest BCUT2D eigenvalue weighted by Gasteiger charge is 1.99. The van der Waals surface area contributed by atoms with E-state index in [1.807, 2.05) is 26.0 Å². The van der Waals surface area contributed by atoms with E-state index in [4.69, 9.17) is 16.7 Å². The first-order valence-corrected chi connectivity index (χ1v) is 4.39. The molecular formula is C11H11ClO. The van der Waals surface area contributed by atoms with Gasteiger partial charge < -0.3 is 5.11 Å². The molecule has 0 aromatic heterocycles. The Morgan fingerprint density at radius 3 is 2.54 bits per heavy atom. The van der Waals surface area contributed by atoms with E-state index < -0.39 is 0 Å². The maximum atomic E-state index is 8.53. The number of aliphatic hydroxyl groups excluding tert-OH is 1. The third kappa shape index (κ3) is 2.48. The van der Waals surface area contributed by atoms with Crippen molar-refractivity contribution in [3.05, 3.63) is 33.8 Å². The van der Waals surface area contributed by atoms with Gasteiger partial charge in [0.1, 0.15) is 6.61 Å². The molecule has 1 nitrogen and oxygen atoms in total. The van der Waals surface area contributed by atoms with Crippen LogP contribution in [-0.2, 0) is 0 Å². The van der Waals surface area contributed by atoms with Gasteiger partial charge in [-0.05, 0) is 37.1 Å². The van der Waals surface area contributed by atoms with Gasteiger partial charge in [0.15, 0.2) is 0 Å². The Morgan fingerprint density at radius 1 is 1.31 bits per heavy atom. The Kier molecular flexibility index (Phi) is 3.36. The molecule has 0 spiro atoms. The minimum atomic E-state index is -0.136. The molecule has 0 atom stereocenters. The van der Waals surface area contributed by atoms with Crippen molar-refractivity contribution in [2.24, 2.45) is 0 Å². The summed E-state index contributed by atoms with van der Waals surface area (Å²) in [5.41, 5.74) is 3.09. The van der Waals surface area contributed by atoms with E-state index in [2.05, 4.69) is 11.8 Å². The van der Waals surface area contributed by atoms with Gasteiger partial charge in [-0.15, -0.1) is 0 Å². The third-order valence-corrected chi connectivity index (χ3v) is 2.20. The van der Waals surface area contributed by atoms with Crippen LogP contribution in [0.4, 0.5) is 0 Å². The predicted octanol–water partition coefficient (Wildman–Crippen LogP) is 2.30. The fourth-order valence-electron chi connectivity index (χ4n) is 1.01. The van der Waals surface area contributed by atoms with Gasteiger partial charge in [-0.2, -0.15) is 0 Å². The third-order valence-electron chi connectivity index (χ3n) is 1.89. The molecule has 1 N–H and O–H groups in total. The molecular weight excluding hydrogens is 184 g/mol. The van der Waals surface area contributed by atoms with E-state index in [1.165, 1.54) is 0 Å². The van der Waals surface area contributed by atoms with Crippen molar-refractivity contribution in [1.82, 2.24) is 0 Å². The van der Waals surface area contributed by atoms with Crippen molar-refractivity contribution in [2.75, 3.05) is 6.61 Å². The molecule has 0 aliphatic carbocycles. The van der Waals surface area contributed by atoms with E-state index in [-0.39, 0.29) is 6.61 Å². The summed E-state index contributed by atoms with van der Waals surface area (Å²) in [6, 6.07) is 3.82. The summed E-state index contributed by atoms with van der Waals surface area (Å²) in [5.74, 6) is 5.37. The molecule has 0 radical (unpaired) electrons. The molecule has 0 amide bonds. The molecule has 13 heavy (non-hydrogen) atoms. The number of benzene rings is 1. The SMILES string of the molecule is Cc1cc(Cl)c(C#CCO)cc1C. The van der Waals surface area contributed by atoms with E-state index >= 15 is 0 Å². The van der Waals surface area contributed by atoms with Crippen LogP contribution in [0.2, 0.25) is 5.02 Å². The molecule has 1 aromatic carbocycles. The minimum Gasteiger partial charge on any atom is -0.384 e. The van der Waals surface area contributed by atoms with Gasteiger partial charge in [-0.1, -0.05) is 23.4 Å². The summed E-state index contributed by atoms with van der Waals surface area (Å²) < 4.78 is 0. The average Bonchev–Trinajstić information content (AvgIpc) is 2.09. The number of aliphatic hydroxyl groups is 1. The van der Waals surface area contributed by atoms with Gasteiger partial charge in [0, 0.05) is 5.56 Å². The summed E-state index contributed by atoms with van der Waals surface area (Å²) in [7, 11) is 0. The van der Waals surface area contributed by atoms with Crippen LogP contribution in [0.1, 0.15) is 16.7 Å². The van der Waals surface area contributed by atoms with Crippen LogP contribution in [0.25, 0.3) is 0 Å². The second-order valence-corrected chi connectivity index (χ2v) is 3.28. The molecule has 2 heteroatoms. The second kappa shape index (κ2) is 4.32. The van der Waals surface area contributed by atoms with Gasteiger partial charge in [0.25, 0.3) is 0 Å². The average molecular weight is 195 g/mol. The maximum Gasteiger partial charge on any atom is 0.104 e. The molecule has 0 aliphatic rings. The first kappa shape index (κ1) is 10.1. The Hall–Kier alpha value is -0.970. The quantitative estimate of drug-likeness (QED) is 0.629. The topological polar surface area (TPSA) is 20.2 Å². The Bertz CT molecular complexity index is 372. The van der Waals surface area contributed by atoms with E-state index in [9.17, 15) is 0 Å². The van der Waals surface area contributed by atoms with Crippen molar-refractivity contribution in [3.8, 4) is 11.8 Å². The Labute approximate surface area is 83.4 Å². The number of hydrogen-bond acceptors (Lipinski definition) is 1. The standard InChI is InChI=1S/C11H11ClO/c1-8-6-10(4-3-5-13)11(12)7-9(8)2/h6-7,13H,5H2,1-2H3. The van der Waals surface area contributed by atoms with Crippen LogP contribution < -0.4 is 0 Å². The smallest absolute Gasteiger partial charge is 0.104 e. The molecule has 68 valence electrons. The summed E-state index contributed by atoms with van der Waals surface area (Å²) >= 11 is 5.95. The number of aryl methyl sites for hydroxylation is 2. The van der Waals surface area contributed by atoms with Crippen molar-refractivity contribution < 1.29 is 5.11 Å². The monoisotopic (exact) mass is 194 g/mol. The van der Waals surface area contributed by atoms with Crippen LogP contribution in [0.3, 0.4) is 0 Å². The first-order valence-electron chi connectivity index (χ1n) is 4.01. The molecule has 0 bridgehead atoms. The lowest BCUT2D eigenvalue weighted by Crippen LogP contribution is -1.85. The second-order valence-electron chi connectivity index (χ2n) is 2.88. The Balaban J connectivity index is 3.16. The van der Waals surface area contributed by atoms with Gasteiger partial charge >= 0.3 is 0 Å². The first-order chi connectivity index (χ1) is 6.15. The van der Waals surface area contributed by atoms with Crippen molar-refractivity contribution in [3.63, 3.8) is 0 Å². The minimum absolute atomic E-state index is 0.136. The van der Waals surface area contributed by atoms with Crippen LogP contribution >= 0.6 is 11.6 Å². The largest absolute Gasteiger partial charge is 0.384 e. The number of halogens is 1. The molecule has 1 aromatic rings. The van der Waals surface area contributed by atoms with Crippen molar-refractivity contribution in [1.29, 1.82) is 0 Å². The highest BCUT2D eigenvalue weighted by atomic mass is 35.5. The lowest BCUT2D eigenvalue weighted by Gasteiger charge is -2.02. The molecule has 0 heterocycles. The van der Waals surface area contributed by atoms with E-state index in [0.29, 0.717) is 5.02 Å². The lowest BCUT2D eigenvalue weighted by atomic mass is 10.1. The normalized spacial score (nSPS) is 9.23. The van der Waals surface area contributed by atoms with Crippen LogP contribution in [0, 0.1) is 25.7 Å². The van der Waals surface area contributed by atoms with Gasteiger partial charge in [0.05, 0.1) is 5.02 Å². The van der Waals surface area contributed by atoms with Gasteiger partial charge in [0.2, 0.25) is 0 Å². The van der Waals surface area contributed by atoms with E-state index in [0.717, 1.165) is 16.7 Å². The van der Waals surface area contributed by atoms with Crippen molar-refractivity contribution in [2.45, 2.75) is 13.8 Å². The maximum absolute atomic E-state index is 8.53. The highest BCUT2D eigenvalue weighted by Crippen LogP contribution is 2.19. The zero-order valence-corrected chi connectivity index (χ0v) is 8.44. The van der Waals surface area contributed by atoms with Crippen molar-refractivity contribution >= 4 is 11.6 Å². The molecule has 0 unspecified atom stereocenters. The summed E-state index contributed by atoms with van der Waals surface area (Å²) in [6.07, 6.45) is 0. The van der Waals surface area contributed by atoms with Gasteiger partial charge in [-0.3, -0.25) is 0 Å².